The van der Waals surface area contributed by atoms with E-state index in [0.717, 1.165) is 17.7 Å². The van der Waals surface area contributed by atoms with Crippen LogP contribution in [0.5, 0.6) is 0 Å². The Morgan fingerprint density at radius 2 is 2.04 bits per heavy atom. The summed E-state index contributed by atoms with van der Waals surface area (Å²) in [5.74, 6) is 1.85. The van der Waals surface area contributed by atoms with Crippen molar-refractivity contribution in [3.05, 3.63) is 41.8 Å². The Morgan fingerprint density at radius 1 is 1.20 bits per heavy atom. The molecule has 1 N–H and O–H groups in total. The highest BCUT2D eigenvalue weighted by Crippen LogP contribution is 2.25. The molecule has 3 aromatic rings. The van der Waals surface area contributed by atoms with E-state index in [9.17, 15) is 4.79 Å². The minimum absolute atomic E-state index is 0.0953. The summed E-state index contributed by atoms with van der Waals surface area (Å²) in [6, 6.07) is 7.37. The molecule has 128 valence electrons. The number of urea groups is 1. The van der Waals surface area contributed by atoms with Gasteiger partial charge in [-0.05, 0) is 24.6 Å². The molecule has 25 heavy (non-hydrogen) atoms. The summed E-state index contributed by atoms with van der Waals surface area (Å²) in [7, 11) is 0. The molecule has 0 bridgehead atoms. The number of hydrogen-bond acceptors (Lipinski definition) is 7. The summed E-state index contributed by atoms with van der Waals surface area (Å²) in [4.78, 5) is 22.2. The highest BCUT2D eigenvalue weighted by atomic mass is 16.5. The van der Waals surface area contributed by atoms with Gasteiger partial charge in [-0.3, -0.25) is 4.90 Å². The molecule has 9 heteroatoms. The molecule has 9 nitrogen and oxygen atoms in total. The van der Waals surface area contributed by atoms with Crippen molar-refractivity contribution in [1.29, 1.82) is 0 Å². The highest BCUT2D eigenvalue weighted by molar-refractivity contribution is 5.93. The number of carbonyl (C=O) groups is 1. The lowest BCUT2D eigenvalue weighted by Crippen LogP contribution is -2.46. The third-order valence-corrected chi connectivity index (χ3v) is 3.84. The number of nitrogens with one attached hydrogen (secondary N) is 1. The van der Waals surface area contributed by atoms with Crippen LogP contribution in [0.1, 0.15) is 24.0 Å². The summed E-state index contributed by atoms with van der Waals surface area (Å²) in [5, 5.41) is 10.6. The first-order valence-corrected chi connectivity index (χ1v) is 7.96. The first kappa shape index (κ1) is 15.3. The fourth-order valence-corrected chi connectivity index (χ4v) is 2.68. The van der Waals surface area contributed by atoms with Gasteiger partial charge in [0.15, 0.2) is 11.6 Å². The van der Waals surface area contributed by atoms with Crippen LogP contribution >= 0.6 is 0 Å². The van der Waals surface area contributed by atoms with Crippen LogP contribution in [0.15, 0.2) is 33.3 Å². The molecule has 1 aliphatic rings. The number of hydrogen-bond donors (Lipinski definition) is 1. The molecule has 0 unspecified atom stereocenters. The molecule has 1 aromatic carbocycles. The molecule has 1 aliphatic heterocycles. The van der Waals surface area contributed by atoms with Gasteiger partial charge in [0, 0.05) is 31.3 Å². The van der Waals surface area contributed by atoms with Crippen LogP contribution < -0.4 is 10.2 Å². The zero-order chi connectivity index (χ0) is 17.2. The van der Waals surface area contributed by atoms with Crippen LogP contribution in [-0.2, 0) is 6.42 Å². The lowest BCUT2D eigenvalue weighted by Gasteiger charge is -2.27. The van der Waals surface area contributed by atoms with Gasteiger partial charge in [0.25, 0.3) is 5.89 Å². The van der Waals surface area contributed by atoms with Crippen LogP contribution in [0.2, 0.25) is 0 Å². The molecule has 0 saturated carbocycles. The molecule has 2 amide bonds. The van der Waals surface area contributed by atoms with Crippen molar-refractivity contribution in [1.82, 2.24) is 25.6 Å². The number of amides is 2. The Labute approximate surface area is 143 Å². The normalized spacial score (nSPS) is 14.6. The molecule has 1 fully saturated rings. The van der Waals surface area contributed by atoms with Crippen molar-refractivity contribution in [3.63, 3.8) is 0 Å². The molecule has 4 rings (SSSR count). The smallest absolute Gasteiger partial charge is 0.321 e. The lowest BCUT2D eigenvalue weighted by atomic mass is 10.1. The Hall–Kier alpha value is -3.23. The Kier molecular flexibility index (Phi) is 3.88. The van der Waals surface area contributed by atoms with E-state index >= 15 is 0 Å². The second-order valence-corrected chi connectivity index (χ2v) is 5.71. The monoisotopic (exact) mass is 340 g/mol. The molecular weight excluding hydrogens is 324 g/mol. The lowest BCUT2D eigenvalue weighted by molar-refractivity contribution is 0.243. The molecule has 0 spiro atoms. The van der Waals surface area contributed by atoms with Gasteiger partial charge in [-0.2, -0.15) is 9.97 Å². The summed E-state index contributed by atoms with van der Waals surface area (Å²) in [5.41, 5.74) is 1.54. The van der Waals surface area contributed by atoms with Crippen LogP contribution in [-0.4, -0.2) is 39.4 Å². The zero-order valence-electron chi connectivity index (χ0n) is 13.6. The molecule has 1 saturated heterocycles. The molecule has 2 aromatic heterocycles. The van der Waals surface area contributed by atoms with Gasteiger partial charge in [-0.1, -0.05) is 16.4 Å². The molecule has 0 radical (unpaired) electrons. The van der Waals surface area contributed by atoms with Gasteiger partial charge >= 0.3 is 6.03 Å². The number of aryl methyl sites for hydroxylation is 1. The predicted molar refractivity (Wildman–Crippen MR) is 86.9 cm³/mol. The standard InChI is InChI=1S/C16H16N6O3/c1-10-18-13(20-24-10)9-14-19-15(25-21-14)11-4-2-5-12(8-11)22-7-3-6-17-16(22)23/h2,4-5,8H,3,6-7,9H2,1H3,(H,17,23). The fraction of sp³-hybridized carbons (Fsp3) is 0.312. The molecule has 3 heterocycles. The maximum atomic E-state index is 12.0. The maximum Gasteiger partial charge on any atom is 0.321 e. The number of benzene rings is 1. The first-order valence-electron chi connectivity index (χ1n) is 7.96. The third-order valence-electron chi connectivity index (χ3n) is 3.84. The van der Waals surface area contributed by atoms with E-state index in [2.05, 4.69) is 25.6 Å². The average molecular weight is 340 g/mol. The SMILES string of the molecule is Cc1nc(Cc2noc(-c3cccc(N4CCCNC4=O)c3)n2)no1. The van der Waals surface area contributed by atoms with Crippen molar-refractivity contribution in [2.75, 3.05) is 18.0 Å². The van der Waals surface area contributed by atoms with Crippen LogP contribution in [0.4, 0.5) is 10.5 Å². The first-order chi connectivity index (χ1) is 12.2. The van der Waals surface area contributed by atoms with Gasteiger partial charge in [-0.25, -0.2) is 4.79 Å². The number of anilines is 1. The largest absolute Gasteiger partial charge is 0.340 e. The van der Waals surface area contributed by atoms with E-state index in [-0.39, 0.29) is 6.03 Å². The predicted octanol–water partition coefficient (Wildman–Crippen LogP) is 1.94. The third kappa shape index (κ3) is 3.21. The Balaban J connectivity index is 1.56. The second-order valence-electron chi connectivity index (χ2n) is 5.71. The van der Waals surface area contributed by atoms with Crippen LogP contribution in [0.3, 0.4) is 0 Å². The van der Waals surface area contributed by atoms with Gasteiger partial charge in [-0.15, -0.1) is 0 Å². The van der Waals surface area contributed by atoms with Crippen molar-refractivity contribution in [3.8, 4) is 11.5 Å². The van der Waals surface area contributed by atoms with E-state index in [1.165, 1.54) is 0 Å². The van der Waals surface area contributed by atoms with E-state index in [1.54, 1.807) is 11.8 Å². The summed E-state index contributed by atoms with van der Waals surface area (Å²) < 4.78 is 10.3. The molecular formula is C16H16N6O3. The topological polar surface area (TPSA) is 110 Å². The van der Waals surface area contributed by atoms with Gasteiger partial charge in [0.2, 0.25) is 5.89 Å². The minimum Gasteiger partial charge on any atom is -0.340 e. The number of aromatic nitrogens is 4. The van der Waals surface area contributed by atoms with Gasteiger partial charge < -0.3 is 14.4 Å². The van der Waals surface area contributed by atoms with Crippen molar-refractivity contribution in [2.45, 2.75) is 19.8 Å². The quantitative estimate of drug-likeness (QED) is 0.772. The Morgan fingerprint density at radius 3 is 2.84 bits per heavy atom. The van der Waals surface area contributed by atoms with Gasteiger partial charge in [0.05, 0.1) is 6.42 Å². The zero-order valence-corrected chi connectivity index (χ0v) is 13.6. The Bertz CT molecular complexity index is 903. The number of nitrogens with zero attached hydrogens (tertiary/aromatic N) is 5. The minimum atomic E-state index is -0.0953. The maximum absolute atomic E-state index is 12.0. The summed E-state index contributed by atoms with van der Waals surface area (Å²) in [6.07, 6.45) is 1.24. The van der Waals surface area contributed by atoms with Crippen LogP contribution in [0, 0.1) is 6.92 Å². The van der Waals surface area contributed by atoms with Crippen molar-refractivity contribution in [2.24, 2.45) is 0 Å². The molecule has 0 atom stereocenters. The van der Waals surface area contributed by atoms with E-state index in [0.29, 0.717) is 42.9 Å². The second kappa shape index (κ2) is 6.34. The highest BCUT2D eigenvalue weighted by Gasteiger charge is 2.20. The number of carbonyl (C=O) groups excluding carboxylic acids is 1. The fourth-order valence-electron chi connectivity index (χ4n) is 2.68. The van der Waals surface area contributed by atoms with E-state index in [4.69, 9.17) is 9.05 Å². The summed E-state index contributed by atoms with van der Waals surface area (Å²) in [6.45, 7) is 3.11. The van der Waals surface area contributed by atoms with Crippen LogP contribution in [0.25, 0.3) is 11.5 Å². The van der Waals surface area contributed by atoms with Gasteiger partial charge in [0.1, 0.15) is 0 Å². The van der Waals surface area contributed by atoms with E-state index < -0.39 is 0 Å². The van der Waals surface area contributed by atoms with E-state index in [1.807, 2.05) is 24.3 Å². The molecule has 0 aliphatic carbocycles. The summed E-state index contributed by atoms with van der Waals surface area (Å²) >= 11 is 0. The average Bonchev–Trinajstić information content (AvgIpc) is 3.25. The number of rotatable bonds is 4. The van der Waals surface area contributed by atoms with Crippen molar-refractivity contribution >= 4 is 11.7 Å². The van der Waals surface area contributed by atoms with Crippen molar-refractivity contribution < 1.29 is 13.8 Å².